The zero-order valence-corrected chi connectivity index (χ0v) is 14.2. The quantitative estimate of drug-likeness (QED) is 0.852. The van der Waals surface area contributed by atoms with Gasteiger partial charge in [0.25, 0.3) is 10.0 Å². The molecule has 2 aromatic rings. The first-order chi connectivity index (χ1) is 11.0. The van der Waals surface area contributed by atoms with Gasteiger partial charge in [0.2, 0.25) is 0 Å². The van der Waals surface area contributed by atoms with E-state index in [4.69, 9.17) is 16.3 Å². The second-order valence-corrected chi connectivity index (χ2v) is 6.99. The minimum absolute atomic E-state index is 0.0631. The molecule has 0 aliphatic rings. The highest BCUT2D eigenvalue weighted by Crippen LogP contribution is 2.36. The van der Waals surface area contributed by atoms with Crippen molar-refractivity contribution in [1.29, 1.82) is 0 Å². The molecule has 0 radical (unpaired) electrons. The van der Waals surface area contributed by atoms with Crippen molar-refractivity contribution in [3.63, 3.8) is 0 Å². The molecule has 1 N–H and O–H groups in total. The summed E-state index contributed by atoms with van der Waals surface area (Å²) in [6, 6.07) is 7.08. The number of anilines is 1. The third kappa shape index (κ3) is 3.93. The van der Waals surface area contributed by atoms with Gasteiger partial charge in [0.15, 0.2) is 0 Å². The lowest BCUT2D eigenvalue weighted by molar-refractivity contribution is -0.137. The molecule has 9 heteroatoms. The van der Waals surface area contributed by atoms with Crippen LogP contribution >= 0.6 is 11.6 Å². The average molecular weight is 380 g/mol. The van der Waals surface area contributed by atoms with Crippen molar-refractivity contribution in [2.24, 2.45) is 0 Å². The molecule has 0 atom stereocenters. The molecule has 0 saturated heterocycles. The van der Waals surface area contributed by atoms with Gasteiger partial charge >= 0.3 is 6.18 Å². The van der Waals surface area contributed by atoms with Gasteiger partial charge in [-0.2, -0.15) is 13.2 Å². The Morgan fingerprint density at radius 3 is 2.33 bits per heavy atom. The second-order valence-electron chi connectivity index (χ2n) is 4.93. The summed E-state index contributed by atoms with van der Waals surface area (Å²) >= 11 is 5.52. The normalized spacial score (nSPS) is 12.1. The SMILES string of the molecule is COc1ccc(S(=O)(=O)Nc2ccc(Cl)c(C(F)(F)F)c2)c(C)c1. The van der Waals surface area contributed by atoms with Crippen molar-refractivity contribution in [1.82, 2.24) is 0 Å². The minimum atomic E-state index is -4.69. The maximum atomic E-state index is 12.9. The molecule has 0 amide bonds. The molecule has 0 aromatic heterocycles. The summed E-state index contributed by atoms with van der Waals surface area (Å²) in [7, 11) is -2.62. The number of nitrogens with one attached hydrogen (secondary N) is 1. The Kier molecular flexibility index (Phi) is 5.00. The summed E-state index contributed by atoms with van der Waals surface area (Å²) in [5.41, 5.74) is -0.954. The smallest absolute Gasteiger partial charge is 0.417 e. The summed E-state index contributed by atoms with van der Waals surface area (Å²) in [5, 5.41) is -0.508. The second kappa shape index (κ2) is 6.52. The van der Waals surface area contributed by atoms with Crippen molar-refractivity contribution in [3.8, 4) is 5.75 Å². The van der Waals surface area contributed by atoms with Crippen LogP contribution in [0.2, 0.25) is 5.02 Å². The summed E-state index contributed by atoms with van der Waals surface area (Å²) in [5.74, 6) is 0.470. The first-order valence-electron chi connectivity index (χ1n) is 6.59. The van der Waals surface area contributed by atoms with Crippen LogP contribution in [0, 0.1) is 6.92 Å². The third-order valence-corrected chi connectivity index (χ3v) is 5.07. The zero-order chi connectivity index (χ0) is 18.1. The van der Waals surface area contributed by atoms with Gasteiger partial charge in [0.05, 0.1) is 22.6 Å². The van der Waals surface area contributed by atoms with E-state index in [9.17, 15) is 21.6 Å². The summed E-state index contributed by atoms with van der Waals surface area (Å²) in [4.78, 5) is -0.0631. The average Bonchev–Trinajstić information content (AvgIpc) is 2.47. The first-order valence-corrected chi connectivity index (χ1v) is 8.45. The number of methoxy groups -OCH3 is 1. The van der Waals surface area contributed by atoms with E-state index in [0.29, 0.717) is 17.4 Å². The molecule has 0 saturated carbocycles. The van der Waals surface area contributed by atoms with E-state index >= 15 is 0 Å². The highest BCUT2D eigenvalue weighted by Gasteiger charge is 2.33. The lowest BCUT2D eigenvalue weighted by Crippen LogP contribution is -2.15. The van der Waals surface area contributed by atoms with E-state index in [1.54, 1.807) is 6.92 Å². The minimum Gasteiger partial charge on any atom is -0.497 e. The molecule has 0 fully saturated rings. The molecular weight excluding hydrogens is 367 g/mol. The van der Waals surface area contributed by atoms with E-state index in [-0.39, 0.29) is 10.6 Å². The van der Waals surface area contributed by atoms with Crippen LogP contribution in [0.4, 0.5) is 18.9 Å². The number of hydrogen-bond donors (Lipinski definition) is 1. The maximum Gasteiger partial charge on any atom is 0.417 e. The van der Waals surface area contributed by atoms with Crippen LogP contribution in [0.1, 0.15) is 11.1 Å². The number of halogens is 4. The van der Waals surface area contributed by atoms with Crippen LogP contribution in [0.5, 0.6) is 5.75 Å². The van der Waals surface area contributed by atoms with Gasteiger partial charge < -0.3 is 4.74 Å². The number of hydrogen-bond acceptors (Lipinski definition) is 3. The molecule has 2 aromatic carbocycles. The number of alkyl halides is 3. The third-order valence-electron chi connectivity index (χ3n) is 3.20. The monoisotopic (exact) mass is 379 g/mol. The number of sulfonamides is 1. The Morgan fingerprint density at radius 1 is 1.12 bits per heavy atom. The maximum absolute atomic E-state index is 12.9. The van der Waals surface area contributed by atoms with Gasteiger partial charge in [-0.15, -0.1) is 0 Å². The number of aryl methyl sites for hydroxylation is 1. The lowest BCUT2D eigenvalue weighted by atomic mass is 10.2. The Morgan fingerprint density at radius 2 is 1.79 bits per heavy atom. The first kappa shape index (κ1) is 18.4. The largest absolute Gasteiger partial charge is 0.497 e. The van der Waals surface area contributed by atoms with Crippen LogP contribution in [-0.2, 0) is 16.2 Å². The summed E-state index contributed by atoms with van der Waals surface area (Å²) in [6.45, 7) is 1.56. The van der Waals surface area contributed by atoms with Crippen LogP contribution in [0.3, 0.4) is 0 Å². The van der Waals surface area contributed by atoms with Crippen molar-refractivity contribution in [3.05, 3.63) is 52.5 Å². The number of rotatable bonds is 4. The zero-order valence-electron chi connectivity index (χ0n) is 12.6. The Hall–Kier alpha value is -1.93. The van der Waals surface area contributed by atoms with Crippen LogP contribution in [0.15, 0.2) is 41.3 Å². The van der Waals surface area contributed by atoms with Crippen molar-refractivity contribution in [2.75, 3.05) is 11.8 Å². The van der Waals surface area contributed by atoms with Gasteiger partial charge in [-0.1, -0.05) is 11.6 Å². The summed E-state index contributed by atoms with van der Waals surface area (Å²) in [6.07, 6.45) is -4.69. The van der Waals surface area contributed by atoms with Crippen molar-refractivity contribution >= 4 is 27.3 Å². The molecule has 0 spiro atoms. The molecule has 24 heavy (non-hydrogen) atoms. The van der Waals surface area contributed by atoms with Gasteiger partial charge in [0.1, 0.15) is 5.75 Å². The molecule has 0 heterocycles. The Balaban J connectivity index is 2.40. The predicted molar refractivity (Wildman–Crippen MR) is 85.0 cm³/mol. The van der Waals surface area contributed by atoms with Gasteiger partial charge in [-0.25, -0.2) is 8.42 Å². The van der Waals surface area contributed by atoms with Gasteiger partial charge in [-0.3, -0.25) is 4.72 Å². The van der Waals surface area contributed by atoms with E-state index in [0.717, 1.165) is 12.1 Å². The van der Waals surface area contributed by atoms with Crippen molar-refractivity contribution in [2.45, 2.75) is 18.0 Å². The highest BCUT2D eigenvalue weighted by atomic mass is 35.5. The van der Waals surface area contributed by atoms with Gasteiger partial charge in [0, 0.05) is 5.69 Å². The standard InChI is InChI=1S/C15H13ClF3NO3S/c1-9-7-11(23-2)4-6-14(9)24(21,22)20-10-3-5-13(16)12(8-10)15(17,18)19/h3-8,20H,1-2H3. The van der Waals surface area contributed by atoms with Crippen LogP contribution < -0.4 is 9.46 Å². The fourth-order valence-corrected chi connectivity index (χ4v) is 3.57. The molecule has 130 valence electrons. The fraction of sp³-hybridized carbons (Fsp3) is 0.200. The molecule has 0 bridgehead atoms. The Bertz CT molecular complexity index is 867. The molecule has 0 aliphatic carbocycles. The molecule has 4 nitrogen and oxygen atoms in total. The molecule has 0 unspecified atom stereocenters. The van der Waals surface area contributed by atoms with E-state index < -0.39 is 26.8 Å². The van der Waals surface area contributed by atoms with E-state index in [2.05, 4.69) is 4.72 Å². The topological polar surface area (TPSA) is 55.4 Å². The summed E-state index contributed by atoms with van der Waals surface area (Å²) < 4.78 is 70.5. The molecule has 0 aliphatic heterocycles. The highest BCUT2D eigenvalue weighted by molar-refractivity contribution is 7.92. The van der Waals surface area contributed by atoms with Crippen LogP contribution in [-0.4, -0.2) is 15.5 Å². The molecule has 2 rings (SSSR count). The number of ether oxygens (including phenoxy) is 1. The lowest BCUT2D eigenvalue weighted by Gasteiger charge is -2.14. The number of benzene rings is 2. The van der Waals surface area contributed by atoms with Gasteiger partial charge in [-0.05, 0) is 48.9 Å². The van der Waals surface area contributed by atoms with E-state index in [1.807, 2.05) is 0 Å². The fourth-order valence-electron chi connectivity index (χ4n) is 2.07. The predicted octanol–water partition coefficient (Wildman–Crippen LogP) is 4.48. The van der Waals surface area contributed by atoms with Crippen molar-refractivity contribution < 1.29 is 26.3 Å². The Labute approximate surface area is 142 Å². The van der Waals surface area contributed by atoms with Crippen LogP contribution in [0.25, 0.3) is 0 Å². The van der Waals surface area contributed by atoms with E-state index in [1.165, 1.54) is 25.3 Å². The molecular formula is C15H13ClF3NO3S.